The van der Waals surface area contributed by atoms with Crippen LogP contribution in [0.3, 0.4) is 0 Å². The summed E-state index contributed by atoms with van der Waals surface area (Å²) in [4.78, 5) is 31.1. The number of carbonyl (C=O) groups excluding carboxylic acids is 2. The number of ketones is 2. The van der Waals surface area contributed by atoms with E-state index in [1.807, 2.05) is 12.8 Å². The number of piperidine rings is 2. The van der Waals surface area contributed by atoms with Gasteiger partial charge in [0.15, 0.2) is 12.0 Å². The molecule has 10 nitrogen and oxygen atoms in total. The van der Waals surface area contributed by atoms with E-state index in [0.717, 1.165) is 57.9 Å². The van der Waals surface area contributed by atoms with Crippen molar-refractivity contribution in [2.75, 3.05) is 13.7 Å². The first-order chi connectivity index (χ1) is 29.0. The minimum Gasteiger partial charge on any atom is -0.393 e. The number of carbonyl (C=O) groups is 2. The van der Waals surface area contributed by atoms with Crippen LogP contribution in [0.2, 0.25) is 0 Å². The lowest BCUT2D eigenvalue weighted by atomic mass is 9.60. The second-order valence-corrected chi connectivity index (χ2v) is 21.2. The van der Waals surface area contributed by atoms with E-state index in [4.69, 9.17) is 10.5 Å². The molecule has 2 spiro atoms. The average molecular weight is 830 g/mol. The minimum absolute atomic E-state index is 0.0254. The number of nitrogens with zero attached hydrogens (tertiary/aromatic N) is 1. The van der Waals surface area contributed by atoms with Crippen molar-refractivity contribution in [3.8, 4) is 11.8 Å². The smallest absolute Gasteiger partial charge is 0.176 e. The number of allylic oxidation sites excluding steroid dienone is 1. The summed E-state index contributed by atoms with van der Waals surface area (Å²) in [5.74, 6) is 10.3. The molecule has 0 aromatic heterocycles. The topological polar surface area (TPSA) is 166 Å². The first-order valence-corrected chi connectivity index (χ1v) is 24.5. The van der Waals surface area contributed by atoms with Crippen molar-refractivity contribution in [1.29, 1.82) is 0 Å². The van der Waals surface area contributed by atoms with Crippen molar-refractivity contribution >= 4 is 17.8 Å². The zero-order valence-corrected chi connectivity index (χ0v) is 36.6. The molecule has 3 heterocycles. The predicted octanol–water partition coefficient (Wildman–Crippen LogP) is 6.34. The minimum atomic E-state index is -1.06. The molecule has 8 rings (SSSR count). The number of hydrogen-bond acceptors (Lipinski definition) is 10. The van der Waals surface area contributed by atoms with E-state index in [0.29, 0.717) is 106 Å². The molecule has 2 saturated heterocycles. The lowest BCUT2D eigenvalue weighted by Crippen LogP contribution is -2.63. The Morgan fingerprint density at radius 3 is 2.55 bits per heavy atom. The van der Waals surface area contributed by atoms with Gasteiger partial charge in [-0.05, 0) is 144 Å². The van der Waals surface area contributed by atoms with Crippen LogP contribution in [0, 0.1) is 71.1 Å². The molecule has 0 aromatic carbocycles. The molecule has 5 aliphatic carbocycles. The Labute approximate surface area is 360 Å². The van der Waals surface area contributed by atoms with Crippen molar-refractivity contribution < 1.29 is 29.6 Å². The van der Waals surface area contributed by atoms with Crippen LogP contribution in [0.25, 0.3) is 0 Å². The largest absolute Gasteiger partial charge is 0.393 e. The van der Waals surface area contributed by atoms with E-state index in [-0.39, 0.29) is 41.3 Å². The summed E-state index contributed by atoms with van der Waals surface area (Å²) in [5.41, 5.74) is 6.69. The Hall–Kier alpha value is -2.10. The van der Waals surface area contributed by atoms with E-state index < -0.39 is 23.7 Å². The van der Waals surface area contributed by atoms with Gasteiger partial charge in [-0.15, -0.1) is 4.99 Å². The van der Waals surface area contributed by atoms with E-state index in [9.17, 15) is 24.9 Å². The van der Waals surface area contributed by atoms with Crippen LogP contribution in [0.15, 0.2) is 16.6 Å². The number of rotatable bonds is 12. The molecule has 3 aliphatic heterocycles. The maximum Gasteiger partial charge on any atom is 0.176 e. The summed E-state index contributed by atoms with van der Waals surface area (Å²) >= 11 is 0. The number of aliphatic hydroxyl groups excluding tert-OH is 3. The Bertz CT molecular complexity index is 1620. The summed E-state index contributed by atoms with van der Waals surface area (Å²) in [7, 11) is 1.66. The predicted molar refractivity (Wildman–Crippen MR) is 234 cm³/mol. The number of nitrogens with two attached hydrogens (primary N) is 1. The third kappa shape index (κ3) is 9.98. The molecule has 0 radical (unpaired) electrons. The van der Waals surface area contributed by atoms with Gasteiger partial charge in [-0.2, -0.15) is 0 Å². The monoisotopic (exact) mass is 830 g/mol. The van der Waals surface area contributed by atoms with Crippen molar-refractivity contribution in [3.05, 3.63) is 18.2 Å². The van der Waals surface area contributed by atoms with E-state index in [1.54, 1.807) is 7.11 Å². The molecule has 4 saturated carbocycles. The molecule has 0 amide bonds. The first kappa shape index (κ1) is 44.5. The van der Waals surface area contributed by atoms with Crippen molar-refractivity contribution in [3.63, 3.8) is 0 Å². The lowest BCUT2D eigenvalue weighted by Gasteiger charge is -2.54. The van der Waals surface area contributed by atoms with Crippen molar-refractivity contribution in [2.45, 2.75) is 196 Å². The molecule has 15 atom stereocenters. The molecule has 332 valence electrons. The lowest BCUT2D eigenvalue weighted by molar-refractivity contribution is -0.135. The van der Waals surface area contributed by atoms with Gasteiger partial charge in [0.25, 0.3) is 0 Å². The van der Waals surface area contributed by atoms with Gasteiger partial charge in [0.1, 0.15) is 23.3 Å². The maximum atomic E-state index is 14.4. The fraction of sp³-hybridized carbons (Fsp3) is 0.840. The Morgan fingerprint density at radius 2 is 1.77 bits per heavy atom. The van der Waals surface area contributed by atoms with Crippen LogP contribution in [0.5, 0.6) is 0 Å². The molecule has 6 fully saturated rings. The van der Waals surface area contributed by atoms with E-state index in [2.05, 4.69) is 33.5 Å². The zero-order valence-electron chi connectivity index (χ0n) is 36.6. The summed E-state index contributed by atoms with van der Waals surface area (Å²) in [6.07, 6.45) is 23.2. The standard InChI is InChI=1S/C50H77N4O6/c1-60-45-26-36-9-14-46(58)49(20-15-32(24-47(49)59)5-10-39-25-37-8-13-41(56)28-43(37)54-50(39)18-3-2-4-19-50)21-16-34(42(36)29-44(45)57)6-11-40(55)12-7-35-27-48(51)53-31-38(35)23-33-17-22-52-30-33/h17,22,30,32,34-40,42-45,47-48,53-55,57,59H,2-15,18-20,23-29,31,51H2,1H3/q+1. The zero-order chi connectivity index (χ0) is 41.9. The molecule has 0 aromatic rings. The fourth-order valence-electron chi connectivity index (χ4n) is 14.0. The van der Waals surface area contributed by atoms with Gasteiger partial charge in [-0.1, -0.05) is 37.5 Å². The highest BCUT2D eigenvalue weighted by Crippen LogP contribution is 2.50. The van der Waals surface area contributed by atoms with E-state index in [1.165, 1.54) is 44.1 Å². The summed E-state index contributed by atoms with van der Waals surface area (Å²) < 4.78 is 5.74. The normalized spacial score (nSPS) is 42.1. The van der Waals surface area contributed by atoms with Crippen LogP contribution < -0.4 is 16.4 Å². The van der Waals surface area contributed by atoms with Crippen LogP contribution in [0.4, 0.5) is 0 Å². The third-order valence-electron chi connectivity index (χ3n) is 17.7. The average Bonchev–Trinajstić information content (AvgIpc) is 3.77. The van der Waals surface area contributed by atoms with Crippen LogP contribution >= 0.6 is 0 Å². The number of nitrogens with one attached hydrogen (secondary N) is 2. The number of fused-ring (bicyclic) bond motifs is 2. The van der Waals surface area contributed by atoms with Gasteiger partial charge in [-0.25, -0.2) is 0 Å². The molecule has 10 heteroatoms. The molecule has 7 N–H and O–H groups in total. The van der Waals surface area contributed by atoms with Crippen molar-refractivity contribution in [1.82, 2.24) is 10.6 Å². The van der Waals surface area contributed by atoms with Gasteiger partial charge >= 0.3 is 0 Å². The fourth-order valence-corrected chi connectivity index (χ4v) is 14.0. The molecular weight excluding hydrogens is 753 g/mol. The number of hydrogen-bond donors (Lipinski definition) is 6. The number of ether oxygens (including phenoxy) is 1. The second kappa shape index (κ2) is 19.7. The van der Waals surface area contributed by atoms with Crippen LogP contribution in [-0.2, 0) is 14.3 Å². The number of aliphatic hydroxyl groups is 3. The third-order valence-corrected chi connectivity index (χ3v) is 17.7. The molecule has 15 unspecified atom stereocenters. The summed E-state index contributed by atoms with van der Waals surface area (Å²) in [5, 5.41) is 42.4. The Kier molecular flexibility index (Phi) is 14.6. The number of methoxy groups -OCH3 is 1. The van der Waals surface area contributed by atoms with Gasteiger partial charge in [-0.3, -0.25) is 9.59 Å². The summed E-state index contributed by atoms with van der Waals surface area (Å²) in [6.45, 7) is 2.72. The van der Waals surface area contributed by atoms with Crippen molar-refractivity contribution in [2.24, 2.45) is 63.5 Å². The number of aliphatic imine (C=N–C) groups is 1. The molecule has 8 aliphatic rings. The SMILES string of the molecule is COC1CC2CCC(=O)C3(C#CC(CCC(O)CCC4CC(N)NCC4CC4=C[CH+]N=C4)C2CC1O)CCC(CCC1CC2CCC(=O)CC2NC12CCCCC2)CC3O. The molecular formula is C50H77N4O6+. The second-order valence-electron chi connectivity index (χ2n) is 21.2. The first-order valence-electron chi connectivity index (χ1n) is 24.5. The quantitative estimate of drug-likeness (QED) is 0.0972. The highest BCUT2D eigenvalue weighted by Gasteiger charge is 2.51. The van der Waals surface area contributed by atoms with Crippen LogP contribution in [0.1, 0.15) is 154 Å². The number of Topliss-reactive ketones (excluding diaryl/α,β-unsaturated/α-hetero) is 2. The summed E-state index contributed by atoms with van der Waals surface area (Å²) in [6, 6.07) is 0.343. The highest BCUT2D eigenvalue weighted by atomic mass is 16.5. The van der Waals surface area contributed by atoms with Crippen LogP contribution in [-0.4, -0.2) is 88.9 Å². The highest BCUT2D eigenvalue weighted by molar-refractivity contribution is 5.89. The Morgan fingerprint density at radius 1 is 0.950 bits per heavy atom. The van der Waals surface area contributed by atoms with Gasteiger partial charge < -0.3 is 36.4 Å². The maximum absolute atomic E-state index is 14.4. The van der Waals surface area contributed by atoms with E-state index >= 15 is 0 Å². The molecule has 0 bridgehead atoms. The Balaban J connectivity index is 0.926. The van der Waals surface area contributed by atoms with Gasteiger partial charge in [0.05, 0.1) is 36.7 Å². The van der Waals surface area contributed by atoms with Gasteiger partial charge in [0.2, 0.25) is 0 Å². The van der Waals surface area contributed by atoms with Gasteiger partial charge in [0, 0.05) is 56.8 Å². The molecule has 60 heavy (non-hydrogen) atoms.